The van der Waals surface area contributed by atoms with Crippen LogP contribution in [0.3, 0.4) is 0 Å². The fourth-order valence-electron chi connectivity index (χ4n) is 2.98. The van der Waals surface area contributed by atoms with Crippen molar-refractivity contribution in [3.8, 4) is 5.69 Å². The van der Waals surface area contributed by atoms with Gasteiger partial charge in [-0.1, -0.05) is 23.9 Å². The first-order valence-corrected chi connectivity index (χ1v) is 9.44. The lowest BCUT2D eigenvalue weighted by atomic mass is 10.2. The average Bonchev–Trinajstić information content (AvgIpc) is 3.16. The molecule has 4 rings (SSSR count). The second-order valence-corrected chi connectivity index (χ2v) is 7.38. The molecule has 3 heterocycles. The highest BCUT2D eigenvalue weighted by Gasteiger charge is 2.09. The van der Waals surface area contributed by atoms with Gasteiger partial charge in [-0.05, 0) is 57.5 Å². The van der Waals surface area contributed by atoms with E-state index in [0.717, 1.165) is 39.4 Å². The molecule has 0 radical (unpaired) electrons. The fraction of sp³-hybridized carbons (Fsp3) is 0.263. The van der Waals surface area contributed by atoms with E-state index in [1.54, 1.807) is 16.3 Å². The second-order valence-electron chi connectivity index (χ2n) is 6.44. The number of hydrogen-bond donors (Lipinski definition) is 0. The maximum Gasteiger partial charge on any atom is 0.253 e. The highest BCUT2D eigenvalue weighted by Crippen LogP contribution is 2.22. The summed E-state index contributed by atoms with van der Waals surface area (Å²) in [6.07, 6.45) is 0. The average molecular weight is 364 g/mol. The summed E-state index contributed by atoms with van der Waals surface area (Å²) in [5.74, 6) is 1.47. The summed E-state index contributed by atoms with van der Waals surface area (Å²) in [5, 5.41) is 9.81. The monoisotopic (exact) mass is 364 g/mol. The van der Waals surface area contributed by atoms with Gasteiger partial charge in [0.1, 0.15) is 0 Å². The molecule has 0 bridgehead atoms. The summed E-state index contributed by atoms with van der Waals surface area (Å²) < 4.78 is 3.76. The Balaban J connectivity index is 1.50. The minimum Gasteiger partial charge on any atom is -0.238 e. The molecule has 0 N–H and O–H groups in total. The first kappa shape index (κ1) is 16.8. The molecular weight excluding hydrogens is 344 g/mol. The molecule has 0 amide bonds. The smallest absolute Gasteiger partial charge is 0.238 e. The molecule has 0 aliphatic heterocycles. The second kappa shape index (κ2) is 6.57. The SMILES string of the molecule is Cc1cc(C)n2nc(SCc3ccc(-n4nc(C)cc4C)cc3)nc2n1. The Morgan fingerprint density at radius 1 is 0.846 bits per heavy atom. The van der Waals surface area contributed by atoms with Crippen LogP contribution in [0, 0.1) is 27.7 Å². The third kappa shape index (κ3) is 3.22. The van der Waals surface area contributed by atoms with Gasteiger partial charge in [0.25, 0.3) is 5.78 Å². The number of nitrogens with zero attached hydrogens (tertiary/aromatic N) is 6. The van der Waals surface area contributed by atoms with E-state index in [4.69, 9.17) is 0 Å². The summed E-state index contributed by atoms with van der Waals surface area (Å²) in [6, 6.07) is 12.5. The Hall–Kier alpha value is -2.67. The summed E-state index contributed by atoms with van der Waals surface area (Å²) in [5.41, 5.74) is 6.46. The number of thioether (sulfide) groups is 1. The van der Waals surface area contributed by atoms with Gasteiger partial charge in [0.15, 0.2) is 0 Å². The lowest BCUT2D eigenvalue weighted by molar-refractivity contribution is 0.833. The van der Waals surface area contributed by atoms with Gasteiger partial charge >= 0.3 is 0 Å². The molecule has 4 aromatic rings. The van der Waals surface area contributed by atoms with Gasteiger partial charge in [-0.15, -0.1) is 5.10 Å². The molecule has 0 aliphatic carbocycles. The van der Waals surface area contributed by atoms with Crippen molar-refractivity contribution in [1.82, 2.24) is 29.4 Å². The van der Waals surface area contributed by atoms with Gasteiger partial charge in [-0.2, -0.15) is 10.1 Å². The minimum absolute atomic E-state index is 0.657. The zero-order valence-corrected chi connectivity index (χ0v) is 16.1. The Labute approximate surface area is 156 Å². The van der Waals surface area contributed by atoms with Gasteiger partial charge < -0.3 is 0 Å². The van der Waals surface area contributed by atoms with E-state index in [-0.39, 0.29) is 0 Å². The molecule has 0 spiro atoms. The van der Waals surface area contributed by atoms with Gasteiger partial charge in [0.05, 0.1) is 11.4 Å². The maximum absolute atomic E-state index is 4.54. The van der Waals surface area contributed by atoms with Crippen molar-refractivity contribution >= 4 is 17.5 Å². The molecule has 0 aliphatic rings. The predicted molar refractivity (Wildman–Crippen MR) is 103 cm³/mol. The van der Waals surface area contributed by atoms with Gasteiger partial charge in [-0.25, -0.2) is 14.2 Å². The van der Waals surface area contributed by atoms with Crippen LogP contribution in [0.5, 0.6) is 0 Å². The van der Waals surface area contributed by atoms with Crippen LogP contribution in [0.4, 0.5) is 0 Å². The Morgan fingerprint density at radius 2 is 1.58 bits per heavy atom. The molecule has 132 valence electrons. The summed E-state index contributed by atoms with van der Waals surface area (Å²) in [7, 11) is 0. The molecule has 0 fully saturated rings. The van der Waals surface area contributed by atoms with E-state index in [0.29, 0.717) is 5.78 Å². The third-order valence-electron chi connectivity index (χ3n) is 4.16. The van der Waals surface area contributed by atoms with Crippen LogP contribution in [0.25, 0.3) is 11.5 Å². The van der Waals surface area contributed by atoms with Crippen LogP contribution in [0.1, 0.15) is 28.3 Å². The lowest BCUT2D eigenvalue weighted by Crippen LogP contribution is -1.99. The number of aromatic nitrogens is 6. The molecule has 26 heavy (non-hydrogen) atoms. The number of hydrogen-bond acceptors (Lipinski definition) is 5. The number of fused-ring (bicyclic) bond motifs is 1. The van der Waals surface area contributed by atoms with Gasteiger partial charge in [0, 0.05) is 22.8 Å². The minimum atomic E-state index is 0.657. The van der Waals surface area contributed by atoms with Crippen LogP contribution in [-0.4, -0.2) is 29.4 Å². The van der Waals surface area contributed by atoms with Crippen LogP contribution in [-0.2, 0) is 5.75 Å². The predicted octanol–water partition coefficient (Wildman–Crippen LogP) is 3.84. The van der Waals surface area contributed by atoms with Crippen molar-refractivity contribution < 1.29 is 0 Å². The zero-order valence-electron chi connectivity index (χ0n) is 15.3. The van der Waals surface area contributed by atoms with E-state index in [1.165, 1.54) is 5.56 Å². The van der Waals surface area contributed by atoms with E-state index in [2.05, 4.69) is 57.4 Å². The first-order chi connectivity index (χ1) is 12.5. The maximum atomic E-state index is 4.54. The molecule has 6 nitrogen and oxygen atoms in total. The number of aryl methyl sites for hydroxylation is 4. The molecule has 7 heteroatoms. The van der Waals surface area contributed by atoms with E-state index in [9.17, 15) is 0 Å². The summed E-state index contributed by atoms with van der Waals surface area (Å²) in [4.78, 5) is 8.95. The van der Waals surface area contributed by atoms with E-state index in [1.807, 2.05) is 31.5 Å². The van der Waals surface area contributed by atoms with Gasteiger partial charge in [0.2, 0.25) is 5.16 Å². The van der Waals surface area contributed by atoms with Crippen LogP contribution in [0.2, 0.25) is 0 Å². The highest BCUT2D eigenvalue weighted by molar-refractivity contribution is 7.98. The van der Waals surface area contributed by atoms with Crippen LogP contribution in [0.15, 0.2) is 41.6 Å². The third-order valence-corrected chi connectivity index (χ3v) is 5.07. The van der Waals surface area contributed by atoms with Crippen molar-refractivity contribution in [2.45, 2.75) is 38.6 Å². The Bertz CT molecular complexity index is 1080. The summed E-state index contributed by atoms with van der Waals surface area (Å²) >= 11 is 1.62. The number of benzene rings is 1. The van der Waals surface area contributed by atoms with Crippen LogP contribution < -0.4 is 0 Å². The number of rotatable bonds is 4. The first-order valence-electron chi connectivity index (χ1n) is 8.46. The van der Waals surface area contributed by atoms with Gasteiger partial charge in [-0.3, -0.25) is 0 Å². The zero-order chi connectivity index (χ0) is 18.3. The van der Waals surface area contributed by atoms with Crippen molar-refractivity contribution in [1.29, 1.82) is 0 Å². The quantitative estimate of drug-likeness (QED) is 0.515. The topological polar surface area (TPSA) is 60.9 Å². The summed E-state index contributed by atoms with van der Waals surface area (Å²) in [6.45, 7) is 8.06. The van der Waals surface area contributed by atoms with Crippen molar-refractivity contribution in [3.63, 3.8) is 0 Å². The van der Waals surface area contributed by atoms with E-state index >= 15 is 0 Å². The largest absolute Gasteiger partial charge is 0.253 e. The van der Waals surface area contributed by atoms with Crippen LogP contribution >= 0.6 is 11.8 Å². The lowest BCUT2D eigenvalue weighted by Gasteiger charge is -2.05. The van der Waals surface area contributed by atoms with Crippen molar-refractivity contribution in [2.75, 3.05) is 0 Å². The Morgan fingerprint density at radius 3 is 2.27 bits per heavy atom. The molecular formula is C19H20N6S. The molecule has 0 saturated heterocycles. The molecule has 3 aromatic heterocycles. The normalized spacial score (nSPS) is 11.4. The molecule has 0 saturated carbocycles. The fourth-order valence-corrected chi connectivity index (χ4v) is 3.75. The molecule has 0 atom stereocenters. The molecule has 1 aromatic carbocycles. The van der Waals surface area contributed by atoms with E-state index < -0.39 is 0 Å². The van der Waals surface area contributed by atoms with Crippen molar-refractivity contribution in [2.24, 2.45) is 0 Å². The van der Waals surface area contributed by atoms with Crippen molar-refractivity contribution in [3.05, 3.63) is 64.7 Å². The Kier molecular flexibility index (Phi) is 4.24. The standard InChI is InChI=1S/C19H20N6S/c1-12-9-15(4)25-18(20-12)21-19(23-25)26-11-16-5-7-17(8-6-16)24-14(3)10-13(2)22-24/h5-10H,11H2,1-4H3. The molecule has 0 unspecified atom stereocenters. The highest BCUT2D eigenvalue weighted by atomic mass is 32.2.